The van der Waals surface area contributed by atoms with Crippen LogP contribution in [-0.2, 0) is 25.3 Å². The van der Waals surface area contributed by atoms with Crippen molar-refractivity contribution in [3.63, 3.8) is 0 Å². The van der Waals surface area contributed by atoms with E-state index >= 15 is 0 Å². The smallest absolute Gasteiger partial charge is 0.261 e. The summed E-state index contributed by atoms with van der Waals surface area (Å²) in [4.78, 5) is 11.8. The Bertz CT molecular complexity index is 741. The van der Waals surface area contributed by atoms with Crippen molar-refractivity contribution in [2.45, 2.75) is 18.2 Å². The Hall–Kier alpha value is -1.12. The lowest BCUT2D eigenvalue weighted by Crippen LogP contribution is -2.28. The molecule has 0 radical (unpaired) electrons. The zero-order chi connectivity index (χ0) is 16.3. The zero-order valence-electron chi connectivity index (χ0n) is 11.6. The summed E-state index contributed by atoms with van der Waals surface area (Å²) in [5.41, 5.74) is 0.623. The molecule has 0 aliphatic carbocycles. The van der Waals surface area contributed by atoms with Crippen molar-refractivity contribution >= 4 is 35.5 Å². The van der Waals surface area contributed by atoms with Gasteiger partial charge in [0, 0.05) is 29.0 Å². The van der Waals surface area contributed by atoms with E-state index < -0.39 is 24.8 Å². The first kappa shape index (κ1) is 17.9. The molecule has 21 heavy (non-hydrogen) atoms. The van der Waals surface area contributed by atoms with Gasteiger partial charge in [0.1, 0.15) is 9.84 Å². The molecular formula is C12H16ClNO5S2. The first-order valence-corrected chi connectivity index (χ1v) is 10.4. The van der Waals surface area contributed by atoms with Crippen molar-refractivity contribution in [1.29, 1.82) is 0 Å². The number of hydrogen-bond acceptors (Lipinski definition) is 5. The average molecular weight is 354 g/mol. The molecule has 1 N–H and O–H groups in total. The van der Waals surface area contributed by atoms with Crippen LogP contribution in [0.3, 0.4) is 0 Å². The average Bonchev–Trinajstić information content (AvgIpc) is 2.35. The molecule has 1 aromatic carbocycles. The Morgan fingerprint density at radius 2 is 1.86 bits per heavy atom. The number of halogens is 1. The lowest BCUT2D eigenvalue weighted by molar-refractivity contribution is 0.0956. The Kier molecular flexibility index (Phi) is 5.77. The minimum atomic E-state index is -3.95. The van der Waals surface area contributed by atoms with Crippen LogP contribution in [0.15, 0.2) is 23.1 Å². The number of benzene rings is 1. The molecule has 0 aromatic heterocycles. The van der Waals surface area contributed by atoms with Crippen LogP contribution in [0, 0.1) is 0 Å². The van der Waals surface area contributed by atoms with Gasteiger partial charge in [-0.1, -0.05) is 13.0 Å². The van der Waals surface area contributed by atoms with Crippen molar-refractivity contribution in [2.24, 2.45) is 0 Å². The van der Waals surface area contributed by atoms with Gasteiger partial charge in [0.2, 0.25) is 0 Å². The monoisotopic (exact) mass is 353 g/mol. The minimum Gasteiger partial charge on any atom is -0.351 e. The Labute approximate surface area is 128 Å². The molecule has 1 aromatic rings. The summed E-state index contributed by atoms with van der Waals surface area (Å²) in [5.74, 6) is -0.741. The first-order valence-electron chi connectivity index (χ1n) is 6.08. The Morgan fingerprint density at radius 1 is 1.24 bits per heavy atom. The predicted molar refractivity (Wildman–Crippen MR) is 80.9 cm³/mol. The summed E-state index contributed by atoms with van der Waals surface area (Å²) in [6.45, 7) is 1.73. The summed E-state index contributed by atoms with van der Waals surface area (Å²) in [6.07, 6.45) is 1.52. The van der Waals surface area contributed by atoms with Gasteiger partial charge < -0.3 is 5.32 Å². The van der Waals surface area contributed by atoms with Crippen molar-refractivity contribution in [1.82, 2.24) is 5.32 Å². The van der Waals surface area contributed by atoms with E-state index in [4.69, 9.17) is 10.7 Å². The van der Waals surface area contributed by atoms with E-state index in [-0.39, 0.29) is 22.8 Å². The minimum absolute atomic E-state index is 0.0455. The second kappa shape index (κ2) is 6.76. The number of aryl methyl sites for hydroxylation is 1. The summed E-state index contributed by atoms with van der Waals surface area (Å²) in [7, 11) is -1.78. The molecule has 9 heteroatoms. The molecule has 0 saturated heterocycles. The fraction of sp³-hybridized carbons (Fsp3) is 0.417. The molecule has 0 heterocycles. The number of carbonyl (C=O) groups excluding carboxylic acids is 1. The van der Waals surface area contributed by atoms with E-state index in [1.165, 1.54) is 18.2 Å². The van der Waals surface area contributed by atoms with Crippen LogP contribution in [0.5, 0.6) is 0 Å². The Balaban J connectivity index is 2.97. The molecule has 0 saturated carbocycles. The Morgan fingerprint density at radius 3 is 2.33 bits per heavy atom. The highest BCUT2D eigenvalue weighted by atomic mass is 35.7. The second-order valence-corrected chi connectivity index (χ2v) is 9.29. The topological polar surface area (TPSA) is 97.4 Å². The maximum Gasteiger partial charge on any atom is 0.261 e. The van der Waals surface area contributed by atoms with Crippen molar-refractivity contribution in [3.8, 4) is 0 Å². The van der Waals surface area contributed by atoms with Crippen molar-refractivity contribution in [3.05, 3.63) is 29.3 Å². The highest BCUT2D eigenvalue weighted by Gasteiger charge is 2.17. The number of sulfone groups is 1. The summed E-state index contributed by atoms with van der Waals surface area (Å²) >= 11 is 0. The molecule has 0 spiro atoms. The fourth-order valence-electron chi connectivity index (χ4n) is 1.67. The van der Waals surface area contributed by atoms with Gasteiger partial charge in [0.05, 0.1) is 10.6 Å². The molecule has 0 aliphatic rings. The summed E-state index contributed by atoms with van der Waals surface area (Å²) in [5, 5.41) is 2.42. The molecule has 118 valence electrons. The molecular weight excluding hydrogens is 338 g/mol. The van der Waals surface area contributed by atoms with Gasteiger partial charge in [-0.3, -0.25) is 4.79 Å². The molecule has 1 amide bonds. The number of hydrogen-bond donors (Lipinski definition) is 1. The van der Waals surface area contributed by atoms with Crippen LogP contribution in [-0.4, -0.2) is 41.3 Å². The largest absolute Gasteiger partial charge is 0.351 e. The highest BCUT2D eigenvalue weighted by Crippen LogP contribution is 2.22. The van der Waals surface area contributed by atoms with Crippen LogP contribution in [0.25, 0.3) is 0 Å². The quantitative estimate of drug-likeness (QED) is 0.768. The molecule has 0 fully saturated rings. The van der Waals surface area contributed by atoms with Crippen molar-refractivity contribution in [2.75, 3.05) is 18.6 Å². The number of amides is 1. The van der Waals surface area contributed by atoms with E-state index in [0.29, 0.717) is 12.0 Å². The third-order valence-electron chi connectivity index (χ3n) is 2.73. The lowest BCUT2D eigenvalue weighted by Gasteiger charge is -2.08. The van der Waals surface area contributed by atoms with Crippen LogP contribution in [0.4, 0.5) is 0 Å². The van der Waals surface area contributed by atoms with Crippen LogP contribution < -0.4 is 5.32 Å². The summed E-state index contributed by atoms with van der Waals surface area (Å²) in [6, 6.07) is 4.18. The fourth-order valence-corrected chi connectivity index (χ4v) is 3.36. The predicted octanol–water partition coefficient (Wildman–Crippen LogP) is 0.951. The molecule has 0 unspecified atom stereocenters. The SMILES string of the molecule is CCc1ccc(C(=O)NCCS(C)(=O)=O)cc1S(=O)(=O)Cl. The zero-order valence-corrected chi connectivity index (χ0v) is 14.0. The van der Waals surface area contributed by atoms with Gasteiger partial charge in [-0.05, 0) is 24.1 Å². The van der Waals surface area contributed by atoms with Gasteiger partial charge in [-0.25, -0.2) is 16.8 Å². The van der Waals surface area contributed by atoms with Crippen molar-refractivity contribution < 1.29 is 21.6 Å². The van der Waals surface area contributed by atoms with E-state index in [1.54, 1.807) is 6.92 Å². The number of rotatable bonds is 6. The third kappa shape index (κ3) is 5.64. The number of carbonyl (C=O) groups is 1. The molecule has 0 bridgehead atoms. The standard InChI is InChI=1S/C12H16ClNO5S2/c1-3-9-4-5-10(8-11(9)21(13,18)19)12(15)14-6-7-20(2,16)17/h4-5,8H,3,6-7H2,1-2H3,(H,14,15). The lowest BCUT2D eigenvalue weighted by atomic mass is 10.1. The van der Waals surface area contributed by atoms with Gasteiger partial charge in [-0.2, -0.15) is 0 Å². The molecule has 0 atom stereocenters. The van der Waals surface area contributed by atoms with Gasteiger partial charge >= 0.3 is 0 Å². The van der Waals surface area contributed by atoms with Crippen LogP contribution >= 0.6 is 10.7 Å². The highest BCUT2D eigenvalue weighted by molar-refractivity contribution is 8.13. The van der Waals surface area contributed by atoms with Gasteiger partial charge in [-0.15, -0.1) is 0 Å². The van der Waals surface area contributed by atoms with Crippen LogP contribution in [0.1, 0.15) is 22.8 Å². The van der Waals surface area contributed by atoms with E-state index in [0.717, 1.165) is 6.26 Å². The van der Waals surface area contributed by atoms with E-state index in [9.17, 15) is 21.6 Å². The van der Waals surface area contributed by atoms with Gasteiger partial charge in [0.15, 0.2) is 0 Å². The summed E-state index contributed by atoms with van der Waals surface area (Å²) < 4.78 is 44.9. The second-order valence-electron chi connectivity index (χ2n) is 4.50. The normalized spacial score (nSPS) is 12.1. The molecule has 1 rings (SSSR count). The third-order valence-corrected chi connectivity index (χ3v) is 5.08. The first-order chi connectivity index (χ1) is 9.54. The van der Waals surface area contributed by atoms with Gasteiger partial charge in [0.25, 0.3) is 15.0 Å². The maximum atomic E-state index is 11.9. The van der Waals surface area contributed by atoms with E-state index in [2.05, 4.69) is 5.32 Å². The molecule has 6 nitrogen and oxygen atoms in total. The molecule has 0 aliphatic heterocycles. The van der Waals surface area contributed by atoms with E-state index in [1.807, 2.05) is 0 Å². The maximum absolute atomic E-state index is 11.9. The number of nitrogens with one attached hydrogen (secondary N) is 1. The van der Waals surface area contributed by atoms with Crippen LogP contribution in [0.2, 0.25) is 0 Å².